The predicted octanol–water partition coefficient (Wildman–Crippen LogP) is 3.47. The van der Waals surface area contributed by atoms with Crippen LogP contribution in [0, 0.1) is 0 Å². The topological polar surface area (TPSA) is 66.0 Å². The molecule has 0 atom stereocenters. The van der Waals surface area contributed by atoms with Gasteiger partial charge in [0.15, 0.2) is 6.79 Å². The van der Waals surface area contributed by atoms with Crippen LogP contribution >= 0.6 is 15.9 Å². The Balaban J connectivity index is 2.42. The van der Waals surface area contributed by atoms with Crippen LogP contribution < -0.4 is 10.1 Å². The molecule has 0 saturated heterocycles. The second-order valence-corrected chi connectivity index (χ2v) is 6.73. The van der Waals surface area contributed by atoms with E-state index < -0.39 is 6.09 Å². The van der Waals surface area contributed by atoms with Crippen molar-refractivity contribution in [2.75, 3.05) is 27.1 Å². The zero-order valence-electron chi connectivity index (χ0n) is 14.0. The third-order valence-electron chi connectivity index (χ3n) is 2.57. The molecule has 0 aromatic heterocycles. The number of carbonyl (C=O) groups is 1. The number of halogens is 1. The van der Waals surface area contributed by atoms with Crippen LogP contribution in [0.5, 0.6) is 5.75 Å². The fourth-order valence-corrected chi connectivity index (χ4v) is 2.09. The third kappa shape index (κ3) is 8.78. The summed E-state index contributed by atoms with van der Waals surface area (Å²) in [6.07, 6.45) is -0.444. The lowest BCUT2D eigenvalue weighted by atomic mass is 10.1. The maximum atomic E-state index is 11.6. The number of amides is 1. The van der Waals surface area contributed by atoms with Crippen molar-refractivity contribution in [1.29, 1.82) is 0 Å². The van der Waals surface area contributed by atoms with Crippen LogP contribution in [0.2, 0.25) is 0 Å². The molecule has 0 radical (unpaired) electrons. The summed E-state index contributed by atoms with van der Waals surface area (Å²) in [4.78, 5) is 11.6. The molecule has 23 heavy (non-hydrogen) atoms. The molecular formula is C16H24BrNO5. The first-order valence-electron chi connectivity index (χ1n) is 7.24. The van der Waals surface area contributed by atoms with E-state index in [1.807, 2.05) is 32.9 Å². The van der Waals surface area contributed by atoms with E-state index in [1.165, 1.54) is 0 Å². The molecule has 1 N–H and O–H groups in total. The van der Waals surface area contributed by atoms with Crippen molar-refractivity contribution in [1.82, 2.24) is 5.32 Å². The molecule has 0 aliphatic rings. The van der Waals surface area contributed by atoms with E-state index in [0.29, 0.717) is 19.0 Å². The first-order valence-corrected chi connectivity index (χ1v) is 8.04. The van der Waals surface area contributed by atoms with Gasteiger partial charge in [-0.1, -0.05) is 6.07 Å². The molecule has 7 heteroatoms. The van der Waals surface area contributed by atoms with Gasteiger partial charge in [-0.2, -0.15) is 0 Å². The smallest absolute Gasteiger partial charge is 0.407 e. The molecule has 0 heterocycles. The van der Waals surface area contributed by atoms with E-state index in [-0.39, 0.29) is 18.9 Å². The number of rotatable bonds is 8. The maximum absolute atomic E-state index is 11.6. The van der Waals surface area contributed by atoms with Crippen LogP contribution in [0.25, 0.3) is 0 Å². The summed E-state index contributed by atoms with van der Waals surface area (Å²) in [6.45, 7) is 7.01. The van der Waals surface area contributed by atoms with Crippen molar-refractivity contribution in [2.45, 2.75) is 32.9 Å². The molecule has 1 aromatic carbocycles. The number of hydrogen-bond donors (Lipinski definition) is 1. The quantitative estimate of drug-likeness (QED) is 0.544. The number of nitrogens with one attached hydrogen (secondary N) is 1. The summed E-state index contributed by atoms with van der Waals surface area (Å²) in [5, 5.41) is 2.74. The van der Waals surface area contributed by atoms with Crippen molar-refractivity contribution in [2.24, 2.45) is 0 Å². The highest BCUT2D eigenvalue weighted by atomic mass is 79.9. The summed E-state index contributed by atoms with van der Waals surface area (Å²) in [5.74, 6) is 0.658. The zero-order chi connectivity index (χ0) is 17.3. The van der Waals surface area contributed by atoms with Crippen LogP contribution in [-0.2, 0) is 20.8 Å². The maximum Gasteiger partial charge on any atom is 0.407 e. The number of methoxy groups -OCH3 is 1. The van der Waals surface area contributed by atoms with E-state index in [4.69, 9.17) is 18.9 Å². The van der Waals surface area contributed by atoms with Crippen LogP contribution in [0.3, 0.4) is 0 Å². The Hall–Kier alpha value is -1.31. The summed E-state index contributed by atoms with van der Waals surface area (Å²) in [6, 6.07) is 5.47. The first kappa shape index (κ1) is 19.7. The largest absolute Gasteiger partial charge is 0.466 e. The highest BCUT2D eigenvalue weighted by molar-refractivity contribution is 9.10. The second kappa shape index (κ2) is 9.75. The number of benzene rings is 1. The Kier molecular flexibility index (Phi) is 8.36. The average Bonchev–Trinajstić information content (AvgIpc) is 2.45. The SMILES string of the molecule is COCCOCOc1ccc(COC(=O)NC(C)(C)C)cc1Br. The number of hydrogen-bond acceptors (Lipinski definition) is 5. The van der Waals surface area contributed by atoms with Crippen LogP contribution in [-0.4, -0.2) is 38.7 Å². The van der Waals surface area contributed by atoms with E-state index in [1.54, 1.807) is 13.2 Å². The van der Waals surface area contributed by atoms with Gasteiger partial charge in [0.25, 0.3) is 0 Å². The number of carbonyl (C=O) groups excluding carboxylic acids is 1. The van der Waals surface area contributed by atoms with E-state index >= 15 is 0 Å². The van der Waals surface area contributed by atoms with Gasteiger partial charge in [0.2, 0.25) is 0 Å². The highest BCUT2D eigenvalue weighted by Crippen LogP contribution is 2.26. The highest BCUT2D eigenvalue weighted by Gasteiger charge is 2.14. The molecule has 0 fully saturated rings. The molecule has 0 unspecified atom stereocenters. The van der Waals surface area contributed by atoms with Crippen molar-refractivity contribution < 1.29 is 23.7 Å². The van der Waals surface area contributed by atoms with Gasteiger partial charge in [0, 0.05) is 12.6 Å². The molecule has 0 spiro atoms. The number of ether oxygens (including phenoxy) is 4. The lowest BCUT2D eigenvalue weighted by Crippen LogP contribution is -2.40. The second-order valence-electron chi connectivity index (χ2n) is 5.88. The van der Waals surface area contributed by atoms with E-state index in [0.717, 1.165) is 10.0 Å². The lowest BCUT2D eigenvalue weighted by molar-refractivity contribution is -0.00881. The normalized spacial score (nSPS) is 11.2. The van der Waals surface area contributed by atoms with Gasteiger partial charge < -0.3 is 24.3 Å². The Bertz CT molecular complexity index is 502. The molecule has 0 aliphatic carbocycles. The Morgan fingerprint density at radius 2 is 2.00 bits per heavy atom. The van der Waals surface area contributed by atoms with E-state index in [2.05, 4.69) is 21.2 Å². The lowest BCUT2D eigenvalue weighted by Gasteiger charge is -2.20. The first-order chi connectivity index (χ1) is 10.8. The van der Waals surface area contributed by atoms with Gasteiger partial charge in [-0.15, -0.1) is 0 Å². The summed E-state index contributed by atoms with van der Waals surface area (Å²) >= 11 is 3.42. The van der Waals surface area contributed by atoms with Gasteiger partial charge in [0.05, 0.1) is 17.7 Å². The molecular weight excluding hydrogens is 366 g/mol. The molecule has 1 rings (SSSR count). The van der Waals surface area contributed by atoms with Crippen molar-refractivity contribution in [3.05, 3.63) is 28.2 Å². The minimum Gasteiger partial charge on any atom is -0.466 e. The molecule has 0 saturated carbocycles. The summed E-state index contributed by atoms with van der Waals surface area (Å²) in [7, 11) is 1.61. The fraction of sp³-hybridized carbons (Fsp3) is 0.562. The molecule has 0 aliphatic heterocycles. The molecule has 1 amide bonds. The Labute approximate surface area is 145 Å². The number of alkyl carbamates (subject to hydrolysis) is 1. The Morgan fingerprint density at radius 3 is 2.61 bits per heavy atom. The minimum absolute atomic E-state index is 0.145. The van der Waals surface area contributed by atoms with Gasteiger partial charge in [0.1, 0.15) is 12.4 Å². The summed E-state index contributed by atoms with van der Waals surface area (Å²) in [5.41, 5.74) is 0.534. The van der Waals surface area contributed by atoms with Crippen LogP contribution in [0.1, 0.15) is 26.3 Å². The average molecular weight is 390 g/mol. The van der Waals surface area contributed by atoms with Crippen LogP contribution in [0.4, 0.5) is 4.79 Å². The predicted molar refractivity (Wildman–Crippen MR) is 90.5 cm³/mol. The monoisotopic (exact) mass is 389 g/mol. The minimum atomic E-state index is -0.444. The Morgan fingerprint density at radius 1 is 1.26 bits per heavy atom. The summed E-state index contributed by atoms with van der Waals surface area (Å²) < 4.78 is 21.5. The van der Waals surface area contributed by atoms with Crippen molar-refractivity contribution in [3.8, 4) is 5.75 Å². The molecule has 130 valence electrons. The zero-order valence-corrected chi connectivity index (χ0v) is 15.6. The third-order valence-corrected chi connectivity index (χ3v) is 3.19. The molecule has 1 aromatic rings. The van der Waals surface area contributed by atoms with Gasteiger partial charge in [-0.05, 0) is 54.4 Å². The van der Waals surface area contributed by atoms with Gasteiger partial charge in [-0.25, -0.2) is 4.79 Å². The fourth-order valence-electron chi connectivity index (χ4n) is 1.55. The van der Waals surface area contributed by atoms with Crippen molar-refractivity contribution in [3.63, 3.8) is 0 Å². The van der Waals surface area contributed by atoms with Gasteiger partial charge >= 0.3 is 6.09 Å². The standard InChI is InChI=1S/C16H24BrNO5/c1-16(2,3)18-15(19)22-10-12-5-6-14(13(17)9-12)23-11-21-8-7-20-4/h5-6,9H,7-8,10-11H2,1-4H3,(H,18,19). The van der Waals surface area contributed by atoms with Crippen molar-refractivity contribution >= 4 is 22.0 Å². The van der Waals surface area contributed by atoms with Crippen LogP contribution in [0.15, 0.2) is 22.7 Å². The molecule has 6 nitrogen and oxygen atoms in total. The van der Waals surface area contributed by atoms with Gasteiger partial charge in [-0.3, -0.25) is 0 Å². The van der Waals surface area contributed by atoms with E-state index in [9.17, 15) is 4.79 Å². The molecule has 0 bridgehead atoms.